The number of aryl methyl sites for hydroxylation is 3. The monoisotopic (exact) mass is 292 g/mol. The lowest BCUT2D eigenvalue weighted by Gasteiger charge is -2.18. The highest BCUT2D eigenvalue weighted by atomic mass is 32.1. The first-order valence-electron chi connectivity index (χ1n) is 6.93. The quantitative estimate of drug-likeness (QED) is 0.897. The maximum atomic E-state index is 13.4. The predicted molar refractivity (Wildman–Crippen MR) is 82.8 cm³/mol. The summed E-state index contributed by atoms with van der Waals surface area (Å²) in [5, 5.41) is 4.58. The maximum Gasteiger partial charge on any atom is 0.123 e. The molecule has 20 heavy (non-hydrogen) atoms. The van der Waals surface area contributed by atoms with Crippen molar-refractivity contribution >= 4 is 11.3 Å². The van der Waals surface area contributed by atoms with Crippen molar-refractivity contribution in [3.8, 4) is 0 Å². The Labute approximate surface area is 124 Å². The third kappa shape index (κ3) is 3.44. The predicted octanol–water partition coefficient (Wildman–Crippen LogP) is 4.10. The van der Waals surface area contributed by atoms with Gasteiger partial charge in [-0.1, -0.05) is 13.0 Å². The van der Waals surface area contributed by atoms with Gasteiger partial charge in [0.05, 0.1) is 10.7 Å². The molecule has 1 N–H and O–H groups in total. The second-order valence-corrected chi connectivity index (χ2v) is 6.30. The van der Waals surface area contributed by atoms with Crippen molar-refractivity contribution in [2.75, 3.05) is 6.54 Å². The fourth-order valence-electron chi connectivity index (χ4n) is 2.45. The molecule has 0 saturated carbocycles. The Bertz CT molecular complexity index is 592. The average molecular weight is 292 g/mol. The van der Waals surface area contributed by atoms with Crippen molar-refractivity contribution in [2.45, 2.75) is 40.2 Å². The molecule has 0 radical (unpaired) electrons. The van der Waals surface area contributed by atoms with Gasteiger partial charge in [-0.15, -0.1) is 11.3 Å². The van der Waals surface area contributed by atoms with Crippen LogP contribution in [0.2, 0.25) is 0 Å². The fraction of sp³-hybridized carbons (Fsp3) is 0.438. The number of nitrogens with zero attached hydrogens (tertiary/aromatic N) is 1. The van der Waals surface area contributed by atoms with E-state index in [2.05, 4.69) is 17.2 Å². The molecule has 2 aromatic rings. The van der Waals surface area contributed by atoms with E-state index in [1.54, 1.807) is 17.4 Å². The van der Waals surface area contributed by atoms with Crippen LogP contribution in [0.25, 0.3) is 0 Å². The molecule has 4 heteroatoms. The van der Waals surface area contributed by atoms with Gasteiger partial charge in [0, 0.05) is 10.9 Å². The summed E-state index contributed by atoms with van der Waals surface area (Å²) in [5.74, 6) is -0.168. The molecule has 0 aliphatic heterocycles. The van der Waals surface area contributed by atoms with Crippen molar-refractivity contribution in [3.63, 3.8) is 0 Å². The molecule has 1 unspecified atom stereocenters. The Morgan fingerprint density at radius 2 is 2.05 bits per heavy atom. The van der Waals surface area contributed by atoms with Crippen molar-refractivity contribution in [1.82, 2.24) is 10.3 Å². The highest BCUT2D eigenvalue weighted by molar-refractivity contribution is 7.11. The standard InChI is InChI=1S/C16H21FN2S/c1-5-18-15(16-11(3)19-12(4)20-16)9-13-8-14(17)7-6-10(13)2/h6-8,15,18H,5,9H2,1-4H3. The second-order valence-electron chi connectivity index (χ2n) is 5.07. The van der Waals surface area contributed by atoms with Gasteiger partial charge in [-0.25, -0.2) is 9.37 Å². The summed E-state index contributed by atoms with van der Waals surface area (Å²) in [6, 6.07) is 5.21. The van der Waals surface area contributed by atoms with Gasteiger partial charge in [-0.05, 0) is 57.0 Å². The molecule has 0 amide bonds. The van der Waals surface area contributed by atoms with Gasteiger partial charge in [0.15, 0.2) is 0 Å². The Hall–Kier alpha value is -1.26. The summed E-state index contributed by atoms with van der Waals surface area (Å²) in [5.41, 5.74) is 3.27. The maximum absolute atomic E-state index is 13.4. The van der Waals surface area contributed by atoms with E-state index in [9.17, 15) is 4.39 Å². The van der Waals surface area contributed by atoms with Gasteiger partial charge in [-0.3, -0.25) is 0 Å². The Kier molecular flexibility index (Phi) is 4.89. The van der Waals surface area contributed by atoms with Crippen LogP contribution in [-0.2, 0) is 6.42 Å². The van der Waals surface area contributed by atoms with Crippen molar-refractivity contribution in [2.24, 2.45) is 0 Å². The van der Waals surface area contributed by atoms with Crippen LogP contribution in [0.1, 0.15) is 39.7 Å². The molecule has 0 bridgehead atoms. The van der Waals surface area contributed by atoms with E-state index in [-0.39, 0.29) is 11.9 Å². The van der Waals surface area contributed by atoms with Gasteiger partial charge in [0.1, 0.15) is 5.82 Å². The van der Waals surface area contributed by atoms with Crippen LogP contribution in [0.4, 0.5) is 4.39 Å². The summed E-state index contributed by atoms with van der Waals surface area (Å²) in [7, 11) is 0. The van der Waals surface area contributed by atoms with Gasteiger partial charge in [0.25, 0.3) is 0 Å². The zero-order valence-corrected chi connectivity index (χ0v) is 13.3. The molecule has 0 fully saturated rings. The normalized spacial score (nSPS) is 12.7. The van der Waals surface area contributed by atoms with Crippen molar-refractivity contribution in [1.29, 1.82) is 0 Å². The molecule has 0 spiro atoms. The van der Waals surface area contributed by atoms with Crippen LogP contribution in [-0.4, -0.2) is 11.5 Å². The SMILES string of the molecule is CCNC(Cc1cc(F)ccc1C)c1sc(C)nc1C. The fourth-order valence-corrected chi connectivity index (χ4v) is 3.46. The van der Waals surface area contributed by atoms with Crippen LogP contribution in [0.15, 0.2) is 18.2 Å². The summed E-state index contributed by atoms with van der Waals surface area (Å²) in [4.78, 5) is 5.76. The molecule has 1 heterocycles. The Balaban J connectivity index is 2.30. The van der Waals surface area contributed by atoms with Gasteiger partial charge in [0.2, 0.25) is 0 Å². The number of halogens is 1. The lowest BCUT2D eigenvalue weighted by molar-refractivity contribution is 0.550. The molecule has 108 valence electrons. The summed E-state index contributed by atoms with van der Waals surface area (Å²) >= 11 is 1.72. The third-order valence-electron chi connectivity index (χ3n) is 3.44. The molecule has 1 aromatic carbocycles. The number of hydrogen-bond donors (Lipinski definition) is 1. The topological polar surface area (TPSA) is 24.9 Å². The van der Waals surface area contributed by atoms with E-state index in [1.165, 1.54) is 10.9 Å². The largest absolute Gasteiger partial charge is 0.309 e. The third-order valence-corrected chi connectivity index (χ3v) is 4.63. The van der Waals surface area contributed by atoms with Crippen LogP contribution in [0.3, 0.4) is 0 Å². The van der Waals surface area contributed by atoms with Crippen LogP contribution in [0.5, 0.6) is 0 Å². The van der Waals surface area contributed by atoms with Crippen LogP contribution >= 0.6 is 11.3 Å². The van der Waals surface area contributed by atoms with E-state index >= 15 is 0 Å². The Morgan fingerprint density at radius 3 is 2.65 bits per heavy atom. The highest BCUT2D eigenvalue weighted by Gasteiger charge is 2.18. The van der Waals surface area contributed by atoms with E-state index in [1.807, 2.05) is 26.8 Å². The van der Waals surface area contributed by atoms with Crippen LogP contribution in [0, 0.1) is 26.6 Å². The van der Waals surface area contributed by atoms with Crippen molar-refractivity contribution in [3.05, 3.63) is 50.7 Å². The van der Waals surface area contributed by atoms with E-state index in [0.717, 1.165) is 34.8 Å². The molecule has 0 saturated heterocycles. The molecule has 2 nitrogen and oxygen atoms in total. The number of hydrogen-bond acceptors (Lipinski definition) is 3. The van der Waals surface area contributed by atoms with Gasteiger partial charge < -0.3 is 5.32 Å². The first-order valence-corrected chi connectivity index (χ1v) is 7.75. The van der Waals surface area contributed by atoms with Gasteiger partial charge in [-0.2, -0.15) is 0 Å². The van der Waals surface area contributed by atoms with E-state index in [4.69, 9.17) is 0 Å². The first-order chi connectivity index (χ1) is 9.51. The van der Waals surface area contributed by atoms with E-state index < -0.39 is 0 Å². The number of nitrogens with one attached hydrogen (secondary N) is 1. The minimum atomic E-state index is -0.168. The van der Waals surface area contributed by atoms with E-state index in [0.29, 0.717) is 0 Å². The minimum absolute atomic E-state index is 0.168. The Morgan fingerprint density at radius 1 is 1.30 bits per heavy atom. The summed E-state index contributed by atoms with van der Waals surface area (Å²) in [6.07, 6.45) is 0.792. The molecule has 2 rings (SSSR count). The lowest BCUT2D eigenvalue weighted by Crippen LogP contribution is -2.23. The second kappa shape index (κ2) is 6.46. The zero-order valence-electron chi connectivity index (χ0n) is 12.5. The zero-order chi connectivity index (χ0) is 14.7. The first kappa shape index (κ1) is 15.1. The highest BCUT2D eigenvalue weighted by Crippen LogP contribution is 2.28. The number of rotatable bonds is 5. The van der Waals surface area contributed by atoms with Crippen LogP contribution < -0.4 is 5.32 Å². The summed E-state index contributed by atoms with van der Waals surface area (Å²) in [6.45, 7) is 9.08. The molecular weight excluding hydrogens is 271 g/mol. The molecule has 0 aliphatic carbocycles. The number of likely N-dealkylation sites (N-methyl/N-ethyl adjacent to an activating group) is 1. The van der Waals surface area contributed by atoms with Crippen molar-refractivity contribution < 1.29 is 4.39 Å². The average Bonchev–Trinajstić information content (AvgIpc) is 2.72. The minimum Gasteiger partial charge on any atom is -0.309 e. The molecule has 1 aromatic heterocycles. The smallest absolute Gasteiger partial charge is 0.123 e. The number of aromatic nitrogens is 1. The number of benzene rings is 1. The lowest BCUT2D eigenvalue weighted by atomic mass is 9.99. The molecule has 1 atom stereocenters. The van der Waals surface area contributed by atoms with Gasteiger partial charge >= 0.3 is 0 Å². The summed E-state index contributed by atoms with van der Waals surface area (Å²) < 4.78 is 13.4. The number of thiazole rings is 1. The molecule has 0 aliphatic rings. The molecular formula is C16H21FN2S.